The fourth-order valence-corrected chi connectivity index (χ4v) is 3.42. The lowest BCUT2D eigenvalue weighted by atomic mass is 10.1. The Labute approximate surface area is 150 Å². The van der Waals surface area contributed by atoms with Crippen LogP contribution in [0.15, 0.2) is 54.6 Å². The molecule has 132 valence electrons. The van der Waals surface area contributed by atoms with Gasteiger partial charge in [0.15, 0.2) is 0 Å². The predicted octanol–water partition coefficient (Wildman–Crippen LogP) is 4.11. The molecule has 4 heteroatoms. The summed E-state index contributed by atoms with van der Waals surface area (Å²) in [4.78, 5) is 17.1. The van der Waals surface area contributed by atoms with Gasteiger partial charge in [0.05, 0.1) is 18.0 Å². The van der Waals surface area contributed by atoms with Crippen molar-refractivity contribution in [3.63, 3.8) is 0 Å². The third kappa shape index (κ3) is 3.95. The molecule has 0 spiro atoms. The molecule has 1 heterocycles. The second-order valence-corrected chi connectivity index (χ2v) is 6.39. The van der Waals surface area contributed by atoms with Crippen molar-refractivity contribution in [2.24, 2.45) is 0 Å². The van der Waals surface area contributed by atoms with Crippen molar-refractivity contribution >= 4 is 17.3 Å². The van der Waals surface area contributed by atoms with Crippen molar-refractivity contribution in [3.05, 3.63) is 54.6 Å². The van der Waals surface area contributed by atoms with E-state index in [1.165, 1.54) is 0 Å². The number of rotatable bonds is 6. The van der Waals surface area contributed by atoms with E-state index < -0.39 is 0 Å². The van der Waals surface area contributed by atoms with Gasteiger partial charge in [-0.1, -0.05) is 30.3 Å². The van der Waals surface area contributed by atoms with Crippen LogP contribution in [0.2, 0.25) is 0 Å². The van der Waals surface area contributed by atoms with E-state index in [2.05, 4.69) is 24.8 Å². The topological polar surface area (TPSA) is 32.8 Å². The van der Waals surface area contributed by atoms with Crippen LogP contribution < -0.4 is 14.5 Å². The molecule has 25 heavy (non-hydrogen) atoms. The van der Waals surface area contributed by atoms with Crippen LogP contribution in [0.5, 0.6) is 5.75 Å². The van der Waals surface area contributed by atoms with Gasteiger partial charge in [-0.2, -0.15) is 0 Å². The summed E-state index contributed by atoms with van der Waals surface area (Å²) in [6.45, 7) is 6.58. The van der Waals surface area contributed by atoms with Crippen LogP contribution in [-0.4, -0.2) is 31.6 Å². The molecule has 1 atom stereocenters. The van der Waals surface area contributed by atoms with Gasteiger partial charge in [0.25, 0.3) is 0 Å². The Kier molecular flexibility index (Phi) is 5.59. The molecule has 1 aliphatic heterocycles. The normalized spacial score (nSPS) is 16.5. The number of likely N-dealkylation sites (N-methyl/N-ethyl adjacent to an activating group) is 1. The Hall–Kier alpha value is -2.49. The highest BCUT2D eigenvalue weighted by atomic mass is 16.5. The summed E-state index contributed by atoms with van der Waals surface area (Å²) in [5.41, 5.74) is 2.18. The van der Waals surface area contributed by atoms with Crippen LogP contribution in [0.4, 0.5) is 11.4 Å². The van der Waals surface area contributed by atoms with Gasteiger partial charge >= 0.3 is 0 Å². The van der Waals surface area contributed by atoms with E-state index in [1.54, 1.807) is 0 Å². The van der Waals surface area contributed by atoms with E-state index in [9.17, 15) is 4.79 Å². The molecular weight excluding hydrogens is 312 g/mol. The number of nitrogens with zero attached hydrogens (tertiary/aromatic N) is 2. The first-order chi connectivity index (χ1) is 12.2. The molecule has 1 unspecified atom stereocenters. The Bertz CT molecular complexity index is 702. The van der Waals surface area contributed by atoms with Gasteiger partial charge in [-0.05, 0) is 44.5 Å². The minimum atomic E-state index is 0.173. The molecule has 0 saturated carbocycles. The van der Waals surface area contributed by atoms with Gasteiger partial charge in [0.2, 0.25) is 5.91 Å². The number of ether oxygens (including phenoxy) is 1. The maximum absolute atomic E-state index is 12.8. The highest BCUT2D eigenvalue weighted by molar-refractivity contribution is 5.98. The molecule has 2 aromatic carbocycles. The minimum Gasteiger partial charge on any atom is -0.494 e. The second-order valence-electron chi connectivity index (χ2n) is 6.39. The van der Waals surface area contributed by atoms with E-state index in [-0.39, 0.29) is 5.91 Å². The molecule has 1 amide bonds. The predicted molar refractivity (Wildman–Crippen MR) is 102 cm³/mol. The number of para-hydroxylation sites is 3. The van der Waals surface area contributed by atoms with Gasteiger partial charge in [0.1, 0.15) is 5.75 Å². The van der Waals surface area contributed by atoms with E-state index in [0.717, 1.165) is 36.6 Å². The van der Waals surface area contributed by atoms with Gasteiger partial charge in [-0.25, -0.2) is 0 Å². The van der Waals surface area contributed by atoms with Crippen molar-refractivity contribution in [3.8, 4) is 5.75 Å². The number of amides is 1. The zero-order chi connectivity index (χ0) is 17.6. The Morgan fingerprint density at radius 1 is 1.08 bits per heavy atom. The van der Waals surface area contributed by atoms with Crippen LogP contribution in [0.25, 0.3) is 0 Å². The molecule has 2 aromatic rings. The number of carbonyl (C=O) groups excluding carboxylic acids is 1. The van der Waals surface area contributed by atoms with Crippen LogP contribution in [0.3, 0.4) is 0 Å². The van der Waals surface area contributed by atoms with Gasteiger partial charge in [-0.15, -0.1) is 0 Å². The highest BCUT2D eigenvalue weighted by Gasteiger charge is 2.29. The van der Waals surface area contributed by atoms with Crippen molar-refractivity contribution in [2.45, 2.75) is 32.7 Å². The fraction of sp³-hybridized carbons (Fsp3) is 0.381. The van der Waals surface area contributed by atoms with Crippen molar-refractivity contribution < 1.29 is 9.53 Å². The summed E-state index contributed by atoms with van der Waals surface area (Å²) in [5.74, 6) is 1.03. The number of hydrogen-bond acceptors (Lipinski definition) is 3. The maximum Gasteiger partial charge on any atom is 0.227 e. The molecule has 3 rings (SSSR count). The van der Waals surface area contributed by atoms with E-state index in [4.69, 9.17) is 4.74 Å². The van der Waals surface area contributed by atoms with E-state index in [1.807, 2.05) is 53.4 Å². The van der Waals surface area contributed by atoms with Crippen LogP contribution in [-0.2, 0) is 4.79 Å². The van der Waals surface area contributed by atoms with E-state index >= 15 is 0 Å². The molecule has 0 aliphatic carbocycles. The standard InChI is InChI=1S/C21H26N2O2/c1-3-22-17(2)16-23(20-13-8-7-12-19(20)22)21(24)14-9-15-25-18-10-5-4-6-11-18/h4-8,10-13,17H,3,9,14-16H2,1-2H3. The average molecular weight is 338 g/mol. The summed E-state index contributed by atoms with van der Waals surface area (Å²) in [7, 11) is 0. The highest BCUT2D eigenvalue weighted by Crippen LogP contribution is 2.35. The summed E-state index contributed by atoms with van der Waals surface area (Å²) in [6, 6.07) is 18.2. The maximum atomic E-state index is 12.8. The first kappa shape index (κ1) is 17.3. The number of fused-ring (bicyclic) bond motifs is 1. The van der Waals surface area contributed by atoms with Crippen molar-refractivity contribution in [1.82, 2.24) is 0 Å². The monoisotopic (exact) mass is 338 g/mol. The molecule has 0 N–H and O–H groups in total. The van der Waals surface area contributed by atoms with E-state index in [0.29, 0.717) is 19.1 Å². The third-order valence-corrected chi connectivity index (χ3v) is 4.65. The minimum absolute atomic E-state index is 0.173. The summed E-state index contributed by atoms with van der Waals surface area (Å²) in [5, 5.41) is 0. The molecule has 0 radical (unpaired) electrons. The molecule has 0 fully saturated rings. The number of hydrogen-bond donors (Lipinski definition) is 0. The van der Waals surface area contributed by atoms with Gasteiger partial charge in [0, 0.05) is 25.6 Å². The molecule has 4 nitrogen and oxygen atoms in total. The largest absolute Gasteiger partial charge is 0.494 e. The fourth-order valence-electron chi connectivity index (χ4n) is 3.42. The summed E-state index contributed by atoms with van der Waals surface area (Å²) >= 11 is 0. The van der Waals surface area contributed by atoms with Gasteiger partial charge < -0.3 is 14.5 Å². The van der Waals surface area contributed by atoms with Crippen LogP contribution in [0.1, 0.15) is 26.7 Å². The summed E-state index contributed by atoms with van der Waals surface area (Å²) in [6.07, 6.45) is 1.22. The number of carbonyl (C=O) groups is 1. The molecular formula is C21H26N2O2. The number of anilines is 2. The Morgan fingerprint density at radius 2 is 1.76 bits per heavy atom. The molecule has 0 bridgehead atoms. The first-order valence-electron chi connectivity index (χ1n) is 9.04. The average Bonchev–Trinajstić information content (AvgIpc) is 2.65. The summed E-state index contributed by atoms with van der Waals surface area (Å²) < 4.78 is 5.69. The zero-order valence-corrected chi connectivity index (χ0v) is 15.0. The Balaban J connectivity index is 1.60. The second kappa shape index (κ2) is 8.06. The Morgan fingerprint density at radius 3 is 2.48 bits per heavy atom. The lowest BCUT2D eigenvalue weighted by Gasteiger charge is -2.42. The zero-order valence-electron chi connectivity index (χ0n) is 15.0. The number of benzene rings is 2. The van der Waals surface area contributed by atoms with Gasteiger partial charge in [-0.3, -0.25) is 4.79 Å². The van der Waals surface area contributed by atoms with Crippen LogP contribution in [0, 0.1) is 0 Å². The quantitative estimate of drug-likeness (QED) is 0.743. The first-order valence-corrected chi connectivity index (χ1v) is 9.04. The molecule has 0 saturated heterocycles. The molecule has 1 aliphatic rings. The van der Waals surface area contributed by atoms with Crippen molar-refractivity contribution in [2.75, 3.05) is 29.5 Å². The third-order valence-electron chi connectivity index (χ3n) is 4.65. The van der Waals surface area contributed by atoms with Crippen LogP contribution >= 0.6 is 0 Å². The molecule has 0 aromatic heterocycles. The lowest BCUT2D eigenvalue weighted by molar-refractivity contribution is -0.118. The van der Waals surface area contributed by atoms with Crippen molar-refractivity contribution in [1.29, 1.82) is 0 Å². The smallest absolute Gasteiger partial charge is 0.227 e. The lowest BCUT2D eigenvalue weighted by Crippen LogP contribution is -2.49. The SMILES string of the molecule is CCN1c2ccccc2N(C(=O)CCCOc2ccccc2)CC1C.